The minimum Gasteiger partial charge on any atom is -0.366 e. The van der Waals surface area contributed by atoms with Crippen LogP contribution in [0.25, 0.3) is 0 Å². The predicted molar refractivity (Wildman–Crippen MR) is 111 cm³/mol. The summed E-state index contributed by atoms with van der Waals surface area (Å²) in [6.07, 6.45) is 0. The Morgan fingerprint density at radius 1 is 0.964 bits per heavy atom. The molecule has 5 nitrogen and oxygen atoms in total. The third-order valence-corrected chi connectivity index (χ3v) is 5.69. The van der Waals surface area contributed by atoms with Gasteiger partial charge in [0, 0.05) is 43.9 Å². The zero-order valence-electron chi connectivity index (χ0n) is 16.8. The summed E-state index contributed by atoms with van der Waals surface area (Å²) in [7, 11) is 1.88. The average molecular weight is 380 g/mol. The Kier molecular flexibility index (Phi) is 6.15. The topological polar surface area (TPSA) is 66.6 Å². The summed E-state index contributed by atoms with van der Waals surface area (Å²) in [4.78, 5) is 28.6. The third kappa shape index (κ3) is 4.42. The lowest BCUT2D eigenvalue weighted by molar-refractivity contribution is 0.0271. The number of primary amides is 1. The summed E-state index contributed by atoms with van der Waals surface area (Å²) in [5, 5.41) is 0. The van der Waals surface area contributed by atoms with E-state index in [-0.39, 0.29) is 11.9 Å². The number of benzene rings is 2. The molecule has 28 heavy (non-hydrogen) atoms. The number of carbonyl (C=O) groups excluding carboxylic acids is 2. The molecule has 0 aliphatic carbocycles. The van der Waals surface area contributed by atoms with Crippen molar-refractivity contribution in [2.75, 3.05) is 20.1 Å². The first-order chi connectivity index (χ1) is 13.4. The van der Waals surface area contributed by atoms with Gasteiger partial charge in [0.05, 0.1) is 0 Å². The molecule has 1 fully saturated rings. The molecule has 1 saturated heterocycles. The zero-order valence-corrected chi connectivity index (χ0v) is 16.8. The number of nitrogens with two attached hydrogens (primary N) is 1. The van der Waals surface area contributed by atoms with Crippen molar-refractivity contribution in [2.45, 2.75) is 26.4 Å². The minimum absolute atomic E-state index is 0.0174. The minimum atomic E-state index is -0.486. The number of amides is 2. The molecule has 5 heteroatoms. The second-order valence-corrected chi connectivity index (χ2v) is 7.98. The molecule has 2 amide bonds. The van der Waals surface area contributed by atoms with Crippen molar-refractivity contribution in [3.63, 3.8) is 0 Å². The quantitative estimate of drug-likeness (QED) is 0.868. The van der Waals surface area contributed by atoms with Crippen molar-refractivity contribution in [1.29, 1.82) is 0 Å². The number of carbonyl (C=O) groups is 2. The van der Waals surface area contributed by atoms with Crippen molar-refractivity contribution >= 4 is 11.8 Å². The maximum Gasteiger partial charge on any atom is 0.253 e. The summed E-state index contributed by atoms with van der Waals surface area (Å²) in [6.45, 7) is 7.30. The van der Waals surface area contributed by atoms with E-state index < -0.39 is 5.91 Å². The molecule has 1 aliphatic heterocycles. The largest absolute Gasteiger partial charge is 0.366 e. The maximum absolute atomic E-state index is 13.0. The Hall–Kier alpha value is -2.66. The molecule has 2 N–H and O–H groups in total. The molecule has 148 valence electrons. The van der Waals surface area contributed by atoms with Gasteiger partial charge in [0.15, 0.2) is 0 Å². The molecule has 1 aliphatic rings. The molecule has 1 heterocycles. The van der Waals surface area contributed by atoms with Gasteiger partial charge < -0.3 is 10.6 Å². The highest BCUT2D eigenvalue weighted by Crippen LogP contribution is 2.28. The van der Waals surface area contributed by atoms with Crippen LogP contribution in [0.4, 0.5) is 0 Å². The van der Waals surface area contributed by atoms with Crippen molar-refractivity contribution in [3.05, 3.63) is 71.3 Å². The molecular formula is C23H29N3O2. The van der Waals surface area contributed by atoms with Crippen LogP contribution in [0.5, 0.6) is 0 Å². The van der Waals surface area contributed by atoms with E-state index in [0.717, 1.165) is 19.6 Å². The lowest BCUT2D eigenvalue weighted by Crippen LogP contribution is -2.55. The van der Waals surface area contributed by atoms with E-state index in [1.54, 1.807) is 24.3 Å². The normalized spacial score (nSPS) is 20.7. The molecule has 2 aromatic carbocycles. The van der Waals surface area contributed by atoms with Gasteiger partial charge in [-0.25, -0.2) is 0 Å². The van der Waals surface area contributed by atoms with Crippen molar-refractivity contribution in [3.8, 4) is 0 Å². The molecule has 0 bridgehead atoms. The van der Waals surface area contributed by atoms with Crippen molar-refractivity contribution < 1.29 is 9.59 Å². The highest BCUT2D eigenvalue weighted by atomic mass is 16.2. The first-order valence-corrected chi connectivity index (χ1v) is 9.80. The van der Waals surface area contributed by atoms with Gasteiger partial charge in [-0.3, -0.25) is 14.5 Å². The fraction of sp³-hybridized carbons (Fsp3) is 0.391. The Bertz CT molecular complexity index is 808. The van der Waals surface area contributed by atoms with E-state index in [2.05, 4.69) is 43.0 Å². The second kappa shape index (κ2) is 8.57. The average Bonchev–Trinajstić information content (AvgIpc) is 2.67. The fourth-order valence-electron chi connectivity index (χ4n) is 4.52. The van der Waals surface area contributed by atoms with E-state index >= 15 is 0 Å². The fourth-order valence-corrected chi connectivity index (χ4v) is 4.52. The van der Waals surface area contributed by atoms with Gasteiger partial charge in [-0.2, -0.15) is 0 Å². The van der Waals surface area contributed by atoms with Gasteiger partial charge in [0.1, 0.15) is 0 Å². The van der Waals surface area contributed by atoms with Gasteiger partial charge in [-0.05, 0) is 41.7 Å². The molecule has 0 spiro atoms. The maximum atomic E-state index is 13.0. The van der Waals surface area contributed by atoms with Crippen LogP contribution in [0.15, 0.2) is 54.6 Å². The Morgan fingerprint density at radius 2 is 1.50 bits per heavy atom. The predicted octanol–water partition coefficient (Wildman–Crippen LogP) is 3.01. The highest BCUT2D eigenvalue weighted by molar-refractivity contribution is 5.97. The van der Waals surface area contributed by atoms with E-state index in [1.807, 2.05) is 18.0 Å². The number of piperidine rings is 1. The Labute approximate surface area is 167 Å². The van der Waals surface area contributed by atoms with Crippen LogP contribution in [0.2, 0.25) is 0 Å². The molecular weight excluding hydrogens is 350 g/mol. The Balaban J connectivity index is 1.67. The number of likely N-dealkylation sites (tertiary alicyclic amines) is 1. The number of hydrogen-bond acceptors (Lipinski definition) is 3. The summed E-state index contributed by atoms with van der Waals surface area (Å²) in [5.41, 5.74) is 7.60. The monoisotopic (exact) mass is 379 g/mol. The Morgan fingerprint density at radius 3 is 2.04 bits per heavy atom. The molecule has 0 aromatic heterocycles. The molecule has 3 rings (SSSR count). The highest BCUT2D eigenvalue weighted by Gasteiger charge is 2.36. The van der Waals surface area contributed by atoms with Crippen LogP contribution < -0.4 is 5.73 Å². The number of hydrogen-bond donors (Lipinski definition) is 1. The summed E-state index contributed by atoms with van der Waals surface area (Å²) >= 11 is 0. The summed E-state index contributed by atoms with van der Waals surface area (Å²) < 4.78 is 0. The smallest absolute Gasteiger partial charge is 0.253 e. The standard InChI is InChI=1S/C23H29N3O2/c1-16-13-26(15-18-7-5-4-6-8-18)14-17(2)21(16)25(3)23(28)20-11-9-19(10-12-20)22(24)27/h4-12,16-17,21H,13-15H2,1-3H3,(H2,24,27)/t16-,17-/m0/s1. The molecule has 0 saturated carbocycles. The zero-order chi connectivity index (χ0) is 20.3. The first kappa shape index (κ1) is 20.1. The van der Waals surface area contributed by atoms with Crippen LogP contribution in [-0.2, 0) is 6.54 Å². The van der Waals surface area contributed by atoms with Gasteiger partial charge in [0.25, 0.3) is 5.91 Å². The second-order valence-electron chi connectivity index (χ2n) is 7.98. The van der Waals surface area contributed by atoms with Gasteiger partial charge >= 0.3 is 0 Å². The third-order valence-electron chi connectivity index (χ3n) is 5.69. The van der Waals surface area contributed by atoms with Gasteiger partial charge in [-0.1, -0.05) is 44.2 Å². The van der Waals surface area contributed by atoms with Crippen molar-refractivity contribution in [2.24, 2.45) is 17.6 Å². The lowest BCUT2D eigenvalue weighted by atomic mass is 9.84. The van der Waals surface area contributed by atoms with Crippen molar-refractivity contribution in [1.82, 2.24) is 9.80 Å². The molecule has 0 unspecified atom stereocenters. The van der Waals surface area contributed by atoms with E-state index in [0.29, 0.717) is 23.0 Å². The SMILES string of the molecule is C[C@H]1CN(Cc2ccccc2)C[C@H](C)C1N(C)C(=O)c1ccc(C(N)=O)cc1. The summed E-state index contributed by atoms with van der Waals surface area (Å²) in [5.74, 6) is 0.231. The molecule has 2 atom stereocenters. The molecule has 0 radical (unpaired) electrons. The lowest BCUT2D eigenvalue weighted by Gasteiger charge is -2.45. The van der Waals surface area contributed by atoms with Crippen LogP contribution in [-0.4, -0.2) is 47.8 Å². The van der Waals surface area contributed by atoms with Gasteiger partial charge in [-0.15, -0.1) is 0 Å². The van der Waals surface area contributed by atoms with Crippen LogP contribution in [0.3, 0.4) is 0 Å². The van der Waals surface area contributed by atoms with E-state index in [9.17, 15) is 9.59 Å². The summed E-state index contributed by atoms with van der Waals surface area (Å²) in [6, 6.07) is 17.3. The van der Waals surface area contributed by atoms with E-state index in [4.69, 9.17) is 5.73 Å². The first-order valence-electron chi connectivity index (χ1n) is 9.80. The van der Waals surface area contributed by atoms with Crippen LogP contribution in [0.1, 0.15) is 40.1 Å². The number of nitrogens with zero attached hydrogens (tertiary/aromatic N) is 2. The molecule has 2 aromatic rings. The van der Waals surface area contributed by atoms with Crippen LogP contribution >= 0.6 is 0 Å². The van der Waals surface area contributed by atoms with Crippen LogP contribution in [0, 0.1) is 11.8 Å². The van der Waals surface area contributed by atoms with E-state index in [1.165, 1.54) is 5.56 Å². The van der Waals surface area contributed by atoms with Gasteiger partial charge in [0.2, 0.25) is 5.91 Å². The number of rotatable bonds is 5.